The van der Waals surface area contributed by atoms with Gasteiger partial charge in [0.1, 0.15) is 0 Å². The Labute approximate surface area is 70.0 Å². The summed E-state index contributed by atoms with van der Waals surface area (Å²) in [6.07, 6.45) is 0. The maximum Gasteiger partial charge on any atom is 0.0322 e. The molecule has 1 aliphatic rings. The van der Waals surface area contributed by atoms with Crippen LogP contribution < -0.4 is 5.32 Å². The van der Waals surface area contributed by atoms with Crippen LogP contribution in [-0.4, -0.2) is 37.6 Å². The summed E-state index contributed by atoms with van der Waals surface area (Å²) in [5.74, 6) is 0. The van der Waals surface area contributed by atoms with E-state index >= 15 is 0 Å². The summed E-state index contributed by atoms with van der Waals surface area (Å²) in [5, 5.41) is 3.55. The van der Waals surface area contributed by atoms with Gasteiger partial charge < -0.3 is 10.2 Å². The van der Waals surface area contributed by atoms with Gasteiger partial charge in [0.15, 0.2) is 0 Å². The van der Waals surface area contributed by atoms with Gasteiger partial charge in [0.05, 0.1) is 0 Å². The lowest BCUT2D eigenvalue weighted by Gasteiger charge is -2.38. The summed E-state index contributed by atoms with van der Waals surface area (Å²) in [5.41, 5.74) is 0.425. The SMILES string of the molecule is CN1CC(NCC(C)(C)C)C1. The van der Waals surface area contributed by atoms with Gasteiger partial charge in [0.2, 0.25) is 0 Å². The third-order valence-corrected chi connectivity index (χ3v) is 1.99. The highest BCUT2D eigenvalue weighted by atomic mass is 15.2. The van der Waals surface area contributed by atoms with Gasteiger partial charge in [-0.15, -0.1) is 0 Å². The van der Waals surface area contributed by atoms with E-state index in [1.165, 1.54) is 13.1 Å². The highest BCUT2D eigenvalue weighted by Crippen LogP contribution is 2.12. The molecule has 0 bridgehead atoms. The Morgan fingerprint density at radius 2 is 1.91 bits per heavy atom. The highest BCUT2D eigenvalue weighted by molar-refractivity contribution is 4.84. The van der Waals surface area contributed by atoms with Gasteiger partial charge in [0, 0.05) is 25.7 Å². The minimum absolute atomic E-state index is 0.425. The molecule has 2 heteroatoms. The first-order valence-electron chi connectivity index (χ1n) is 4.39. The van der Waals surface area contributed by atoms with Crippen molar-refractivity contribution in [1.29, 1.82) is 0 Å². The lowest BCUT2D eigenvalue weighted by molar-refractivity contribution is 0.151. The lowest BCUT2D eigenvalue weighted by atomic mass is 9.96. The van der Waals surface area contributed by atoms with Crippen LogP contribution in [0, 0.1) is 5.41 Å². The van der Waals surface area contributed by atoms with Crippen molar-refractivity contribution in [3.8, 4) is 0 Å². The molecular weight excluding hydrogens is 136 g/mol. The summed E-state index contributed by atoms with van der Waals surface area (Å²) in [6.45, 7) is 10.4. The number of hydrogen-bond donors (Lipinski definition) is 1. The predicted octanol–water partition coefficient (Wildman–Crippen LogP) is 0.936. The second-order valence-corrected chi connectivity index (χ2v) is 4.86. The smallest absolute Gasteiger partial charge is 0.0322 e. The van der Waals surface area contributed by atoms with Gasteiger partial charge in [-0.1, -0.05) is 20.8 Å². The van der Waals surface area contributed by atoms with E-state index in [0.717, 1.165) is 12.6 Å². The number of likely N-dealkylation sites (N-methyl/N-ethyl adjacent to an activating group) is 1. The predicted molar refractivity (Wildman–Crippen MR) is 48.7 cm³/mol. The maximum absolute atomic E-state index is 3.55. The van der Waals surface area contributed by atoms with Gasteiger partial charge in [-0.05, 0) is 12.5 Å². The number of hydrogen-bond acceptors (Lipinski definition) is 2. The largest absolute Gasteiger partial charge is 0.311 e. The first kappa shape index (κ1) is 9.01. The van der Waals surface area contributed by atoms with Crippen molar-refractivity contribution in [3.05, 3.63) is 0 Å². The van der Waals surface area contributed by atoms with E-state index in [2.05, 4.69) is 38.0 Å². The molecule has 0 aromatic heterocycles. The third kappa shape index (κ3) is 3.21. The number of likely N-dealkylation sites (tertiary alicyclic amines) is 1. The van der Waals surface area contributed by atoms with Crippen molar-refractivity contribution < 1.29 is 0 Å². The molecule has 0 amide bonds. The maximum atomic E-state index is 3.55. The normalized spacial score (nSPS) is 21.8. The number of rotatable bonds is 2. The second-order valence-electron chi connectivity index (χ2n) is 4.86. The molecule has 2 nitrogen and oxygen atoms in total. The molecule has 1 rings (SSSR count). The van der Waals surface area contributed by atoms with E-state index in [1.54, 1.807) is 0 Å². The van der Waals surface area contributed by atoms with Gasteiger partial charge in [-0.25, -0.2) is 0 Å². The summed E-state index contributed by atoms with van der Waals surface area (Å²) < 4.78 is 0. The minimum Gasteiger partial charge on any atom is -0.311 e. The second kappa shape index (κ2) is 3.11. The van der Waals surface area contributed by atoms with Gasteiger partial charge >= 0.3 is 0 Å². The Hall–Kier alpha value is -0.0800. The van der Waals surface area contributed by atoms with E-state index < -0.39 is 0 Å². The standard InChI is InChI=1S/C9H20N2/c1-9(2,3)7-10-8-5-11(4)6-8/h8,10H,5-7H2,1-4H3. The van der Waals surface area contributed by atoms with Crippen LogP contribution in [0.1, 0.15) is 20.8 Å². The molecule has 11 heavy (non-hydrogen) atoms. The Bertz CT molecular complexity index is 120. The lowest BCUT2D eigenvalue weighted by Crippen LogP contribution is -2.57. The summed E-state index contributed by atoms with van der Waals surface area (Å²) in [6, 6.07) is 0.749. The van der Waals surface area contributed by atoms with E-state index in [0.29, 0.717) is 5.41 Å². The number of nitrogens with one attached hydrogen (secondary N) is 1. The minimum atomic E-state index is 0.425. The molecule has 1 heterocycles. The van der Waals surface area contributed by atoms with Crippen LogP contribution >= 0.6 is 0 Å². The van der Waals surface area contributed by atoms with Crippen molar-refractivity contribution >= 4 is 0 Å². The zero-order chi connectivity index (χ0) is 8.48. The molecule has 1 N–H and O–H groups in total. The molecular formula is C9H20N2. The Kier molecular flexibility index (Phi) is 2.55. The Morgan fingerprint density at radius 1 is 1.36 bits per heavy atom. The van der Waals surface area contributed by atoms with Crippen LogP contribution in [0.3, 0.4) is 0 Å². The molecule has 0 unspecified atom stereocenters. The fourth-order valence-electron chi connectivity index (χ4n) is 1.28. The molecule has 0 aromatic rings. The van der Waals surface area contributed by atoms with Gasteiger partial charge in [0.25, 0.3) is 0 Å². The van der Waals surface area contributed by atoms with E-state index in [4.69, 9.17) is 0 Å². The highest BCUT2D eigenvalue weighted by Gasteiger charge is 2.23. The van der Waals surface area contributed by atoms with E-state index in [-0.39, 0.29) is 0 Å². The molecule has 0 aliphatic carbocycles. The summed E-state index contributed by atoms with van der Waals surface area (Å²) in [7, 11) is 2.16. The van der Waals surface area contributed by atoms with E-state index in [9.17, 15) is 0 Å². The molecule has 0 radical (unpaired) electrons. The Balaban J connectivity index is 2.05. The molecule has 1 fully saturated rings. The van der Waals surface area contributed by atoms with Gasteiger partial charge in [-0.2, -0.15) is 0 Å². The molecule has 66 valence electrons. The summed E-state index contributed by atoms with van der Waals surface area (Å²) >= 11 is 0. The first-order valence-corrected chi connectivity index (χ1v) is 4.39. The first-order chi connectivity index (χ1) is 4.97. The van der Waals surface area contributed by atoms with Crippen molar-refractivity contribution in [2.24, 2.45) is 5.41 Å². The Morgan fingerprint density at radius 3 is 2.27 bits per heavy atom. The van der Waals surface area contributed by atoms with Crippen molar-refractivity contribution in [2.75, 3.05) is 26.7 Å². The van der Waals surface area contributed by atoms with Crippen molar-refractivity contribution in [1.82, 2.24) is 10.2 Å². The quantitative estimate of drug-likeness (QED) is 0.640. The van der Waals surface area contributed by atoms with Crippen LogP contribution in [0.25, 0.3) is 0 Å². The molecule has 0 aromatic carbocycles. The average Bonchev–Trinajstić information content (AvgIpc) is 1.75. The van der Waals surface area contributed by atoms with Crippen LogP contribution in [0.15, 0.2) is 0 Å². The molecule has 1 saturated heterocycles. The monoisotopic (exact) mass is 156 g/mol. The fourth-order valence-corrected chi connectivity index (χ4v) is 1.28. The molecule has 0 atom stereocenters. The zero-order valence-corrected chi connectivity index (χ0v) is 8.15. The van der Waals surface area contributed by atoms with E-state index in [1.807, 2.05) is 0 Å². The van der Waals surface area contributed by atoms with Crippen LogP contribution in [0.5, 0.6) is 0 Å². The fraction of sp³-hybridized carbons (Fsp3) is 1.00. The van der Waals surface area contributed by atoms with Crippen LogP contribution in [0.4, 0.5) is 0 Å². The van der Waals surface area contributed by atoms with Gasteiger partial charge in [-0.3, -0.25) is 0 Å². The molecule has 0 spiro atoms. The van der Waals surface area contributed by atoms with Crippen LogP contribution in [-0.2, 0) is 0 Å². The summed E-state index contributed by atoms with van der Waals surface area (Å²) in [4.78, 5) is 2.33. The topological polar surface area (TPSA) is 15.3 Å². The zero-order valence-electron chi connectivity index (χ0n) is 8.15. The number of nitrogens with zero attached hydrogens (tertiary/aromatic N) is 1. The molecule has 0 saturated carbocycles. The van der Waals surface area contributed by atoms with Crippen LogP contribution in [0.2, 0.25) is 0 Å². The third-order valence-electron chi connectivity index (χ3n) is 1.99. The average molecular weight is 156 g/mol. The van der Waals surface area contributed by atoms with Crippen molar-refractivity contribution in [2.45, 2.75) is 26.8 Å². The van der Waals surface area contributed by atoms with Crippen molar-refractivity contribution in [3.63, 3.8) is 0 Å². The molecule has 1 aliphatic heterocycles.